The van der Waals surface area contributed by atoms with Gasteiger partial charge in [-0.05, 0) is 50.1 Å². The number of anilines is 1. The van der Waals surface area contributed by atoms with Gasteiger partial charge in [-0.25, -0.2) is 8.42 Å². The molecule has 1 N–H and O–H groups in total. The quantitative estimate of drug-likeness (QED) is 0.431. The summed E-state index contributed by atoms with van der Waals surface area (Å²) < 4.78 is 27.0. The van der Waals surface area contributed by atoms with Gasteiger partial charge in [0.05, 0.1) is 11.9 Å². The van der Waals surface area contributed by atoms with Gasteiger partial charge in [0.2, 0.25) is 21.8 Å². The highest BCUT2D eigenvalue weighted by molar-refractivity contribution is 9.10. The third-order valence-electron chi connectivity index (χ3n) is 5.20. The van der Waals surface area contributed by atoms with Gasteiger partial charge in [-0.1, -0.05) is 47.1 Å². The topological polar surface area (TPSA) is 104 Å². The van der Waals surface area contributed by atoms with Crippen molar-refractivity contribution in [2.24, 2.45) is 0 Å². The summed E-state index contributed by atoms with van der Waals surface area (Å²) in [7, 11) is -3.86. The van der Waals surface area contributed by atoms with Gasteiger partial charge in [0.25, 0.3) is 0 Å². The van der Waals surface area contributed by atoms with E-state index in [1.807, 2.05) is 31.2 Å². The second kappa shape index (κ2) is 12.1. The van der Waals surface area contributed by atoms with Gasteiger partial charge in [0.15, 0.2) is 5.78 Å². The number of halogens is 1. The van der Waals surface area contributed by atoms with E-state index in [4.69, 9.17) is 0 Å². The first kappa shape index (κ1) is 27.5. The predicted molar refractivity (Wildman–Crippen MR) is 136 cm³/mol. The van der Waals surface area contributed by atoms with Crippen LogP contribution < -0.4 is 9.62 Å². The molecular weight excluding hydrogens is 522 g/mol. The molecule has 184 valence electrons. The SMILES string of the molecule is CCCNC(=O)C(C)N(Cc1ccc(Br)cc1)C(=O)CN(c1cccc(C(C)=O)c1)S(C)(=O)=O. The van der Waals surface area contributed by atoms with Crippen LogP contribution in [-0.4, -0.2) is 56.3 Å². The summed E-state index contributed by atoms with van der Waals surface area (Å²) in [6, 6.07) is 12.6. The molecule has 0 fully saturated rings. The number of nitrogens with zero attached hydrogens (tertiary/aromatic N) is 2. The van der Waals surface area contributed by atoms with Crippen LogP contribution in [0.1, 0.15) is 43.1 Å². The largest absolute Gasteiger partial charge is 0.354 e. The minimum Gasteiger partial charge on any atom is -0.354 e. The number of benzene rings is 2. The van der Waals surface area contributed by atoms with E-state index < -0.39 is 28.5 Å². The molecule has 2 amide bonds. The summed E-state index contributed by atoms with van der Waals surface area (Å²) in [6.07, 6.45) is 1.74. The molecule has 0 aromatic heterocycles. The van der Waals surface area contributed by atoms with E-state index in [9.17, 15) is 22.8 Å². The molecule has 0 saturated carbocycles. The smallest absolute Gasteiger partial charge is 0.244 e. The third-order valence-corrected chi connectivity index (χ3v) is 6.87. The Balaban J connectivity index is 2.40. The van der Waals surface area contributed by atoms with Crippen molar-refractivity contribution >= 4 is 49.2 Å². The molecular formula is C24H30BrN3O5S. The Bertz CT molecular complexity index is 1140. The molecule has 0 saturated heterocycles. The van der Waals surface area contributed by atoms with Crippen LogP contribution >= 0.6 is 15.9 Å². The number of amides is 2. The van der Waals surface area contributed by atoms with Crippen molar-refractivity contribution in [3.05, 3.63) is 64.1 Å². The highest BCUT2D eigenvalue weighted by Gasteiger charge is 2.30. The maximum Gasteiger partial charge on any atom is 0.244 e. The monoisotopic (exact) mass is 551 g/mol. The Labute approximate surface area is 209 Å². The molecule has 0 heterocycles. The molecule has 0 spiro atoms. The number of hydrogen-bond acceptors (Lipinski definition) is 5. The average Bonchev–Trinajstić information content (AvgIpc) is 2.79. The van der Waals surface area contributed by atoms with Crippen LogP contribution in [0, 0.1) is 0 Å². The zero-order valence-electron chi connectivity index (χ0n) is 19.7. The van der Waals surface area contributed by atoms with E-state index in [0.29, 0.717) is 12.1 Å². The third kappa shape index (κ3) is 7.66. The first-order chi connectivity index (χ1) is 15.9. The van der Waals surface area contributed by atoms with Crippen LogP contribution in [0.25, 0.3) is 0 Å². The van der Waals surface area contributed by atoms with Crippen LogP contribution in [0.15, 0.2) is 53.0 Å². The van der Waals surface area contributed by atoms with Crippen molar-refractivity contribution in [2.45, 2.75) is 39.8 Å². The molecule has 0 aliphatic heterocycles. The van der Waals surface area contributed by atoms with Gasteiger partial charge in [0, 0.05) is 23.1 Å². The minimum absolute atomic E-state index is 0.123. The fraction of sp³-hybridized carbons (Fsp3) is 0.375. The lowest BCUT2D eigenvalue weighted by atomic mass is 10.1. The predicted octanol–water partition coefficient (Wildman–Crippen LogP) is 3.36. The zero-order valence-corrected chi connectivity index (χ0v) is 22.1. The van der Waals surface area contributed by atoms with Crippen LogP contribution in [-0.2, 0) is 26.2 Å². The van der Waals surface area contributed by atoms with E-state index in [-0.39, 0.29) is 23.9 Å². The lowest BCUT2D eigenvalue weighted by molar-refractivity contribution is -0.139. The van der Waals surface area contributed by atoms with Crippen molar-refractivity contribution in [1.82, 2.24) is 10.2 Å². The van der Waals surface area contributed by atoms with Gasteiger partial charge >= 0.3 is 0 Å². The molecule has 0 bridgehead atoms. The standard InChI is InChI=1S/C24H30BrN3O5S/c1-5-13-26-24(31)17(2)27(15-19-9-11-21(25)12-10-19)23(30)16-28(34(4,32)33)22-8-6-7-20(14-22)18(3)29/h6-12,14,17H,5,13,15-16H2,1-4H3,(H,26,31). The lowest BCUT2D eigenvalue weighted by Crippen LogP contribution is -2.51. The Morgan fingerprint density at radius 2 is 1.74 bits per heavy atom. The number of rotatable bonds is 11. The normalized spacial score (nSPS) is 12.0. The van der Waals surface area contributed by atoms with E-state index in [0.717, 1.165) is 27.0 Å². The maximum absolute atomic E-state index is 13.4. The number of nitrogens with one attached hydrogen (secondary N) is 1. The van der Waals surface area contributed by atoms with Crippen LogP contribution in [0.5, 0.6) is 0 Å². The Hall–Kier alpha value is -2.72. The second-order valence-corrected chi connectivity index (χ2v) is 10.8. The average molecular weight is 552 g/mol. The lowest BCUT2D eigenvalue weighted by Gasteiger charge is -2.31. The van der Waals surface area contributed by atoms with Crippen molar-refractivity contribution in [3.63, 3.8) is 0 Å². The highest BCUT2D eigenvalue weighted by Crippen LogP contribution is 2.21. The Morgan fingerprint density at radius 1 is 1.09 bits per heavy atom. The second-order valence-electron chi connectivity index (χ2n) is 7.99. The molecule has 0 aliphatic carbocycles. The molecule has 2 aromatic carbocycles. The van der Waals surface area contributed by atoms with Crippen molar-refractivity contribution in [2.75, 3.05) is 23.7 Å². The number of ketones is 1. The summed E-state index contributed by atoms with van der Waals surface area (Å²) in [5.41, 5.74) is 1.32. The molecule has 1 atom stereocenters. The Morgan fingerprint density at radius 3 is 2.29 bits per heavy atom. The summed E-state index contributed by atoms with van der Waals surface area (Å²) >= 11 is 3.38. The molecule has 10 heteroatoms. The van der Waals surface area contributed by atoms with E-state index in [1.165, 1.54) is 24.0 Å². The number of carbonyl (C=O) groups is 3. The highest BCUT2D eigenvalue weighted by atomic mass is 79.9. The zero-order chi connectivity index (χ0) is 25.5. The molecule has 2 aromatic rings. The number of sulfonamides is 1. The molecule has 0 aliphatic rings. The first-order valence-electron chi connectivity index (χ1n) is 10.8. The first-order valence-corrected chi connectivity index (χ1v) is 13.5. The molecule has 1 unspecified atom stereocenters. The molecule has 2 rings (SSSR count). The van der Waals surface area contributed by atoms with Crippen LogP contribution in [0.3, 0.4) is 0 Å². The molecule has 34 heavy (non-hydrogen) atoms. The fourth-order valence-corrected chi connectivity index (χ4v) is 4.36. The summed E-state index contributed by atoms with van der Waals surface area (Å²) in [5, 5.41) is 2.79. The van der Waals surface area contributed by atoms with E-state index in [2.05, 4.69) is 21.2 Å². The van der Waals surface area contributed by atoms with E-state index >= 15 is 0 Å². The van der Waals surface area contributed by atoms with Crippen molar-refractivity contribution < 1.29 is 22.8 Å². The van der Waals surface area contributed by atoms with Gasteiger partial charge in [-0.15, -0.1) is 0 Å². The number of hydrogen-bond donors (Lipinski definition) is 1. The summed E-state index contributed by atoms with van der Waals surface area (Å²) in [5.74, 6) is -1.09. The van der Waals surface area contributed by atoms with Crippen LogP contribution in [0.4, 0.5) is 5.69 Å². The maximum atomic E-state index is 13.4. The van der Waals surface area contributed by atoms with Gasteiger partial charge in [-0.3, -0.25) is 18.7 Å². The van der Waals surface area contributed by atoms with E-state index in [1.54, 1.807) is 19.1 Å². The Kier molecular flexibility index (Phi) is 9.81. The van der Waals surface area contributed by atoms with Crippen molar-refractivity contribution in [3.8, 4) is 0 Å². The number of carbonyl (C=O) groups excluding carboxylic acids is 3. The molecule has 0 radical (unpaired) electrons. The van der Waals surface area contributed by atoms with Crippen LogP contribution in [0.2, 0.25) is 0 Å². The number of Topliss-reactive ketones (excluding diaryl/α,β-unsaturated/α-hetero) is 1. The molecule has 8 nitrogen and oxygen atoms in total. The summed E-state index contributed by atoms with van der Waals surface area (Å²) in [6.45, 7) is 5.00. The van der Waals surface area contributed by atoms with Crippen molar-refractivity contribution in [1.29, 1.82) is 0 Å². The van der Waals surface area contributed by atoms with Gasteiger partial charge in [-0.2, -0.15) is 0 Å². The minimum atomic E-state index is -3.86. The van der Waals surface area contributed by atoms with Gasteiger partial charge in [0.1, 0.15) is 12.6 Å². The van der Waals surface area contributed by atoms with Gasteiger partial charge < -0.3 is 10.2 Å². The summed E-state index contributed by atoms with van der Waals surface area (Å²) in [4.78, 5) is 39.3. The fourth-order valence-electron chi connectivity index (χ4n) is 3.26.